The van der Waals surface area contributed by atoms with Crippen molar-refractivity contribution >= 4 is 21.6 Å². The standard InChI is InChI=1S/C13H15NOS/c15-7-1-2-9-3-6-12-11(8-9)14-13(16-12)10-4-5-10/h3,6,8,10,15H,1-2,4-5,7H2. The van der Waals surface area contributed by atoms with E-state index in [1.54, 1.807) is 0 Å². The third kappa shape index (κ3) is 1.97. The van der Waals surface area contributed by atoms with Crippen molar-refractivity contribution in [3.05, 3.63) is 28.8 Å². The van der Waals surface area contributed by atoms with Gasteiger partial charge in [-0.1, -0.05) is 6.07 Å². The molecule has 0 radical (unpaired) electrons. The summed E-state index contributed by atoms with van der Waals surface area (Å²) in [4.78, 5) is 4.70. The molecule has 1 aromatic heterocycles. The van der Waals surface area contributed by atoms with Gasteiger partial charge in [0.15, 0.2) is 0 Å². The van der Waals surface area contributed by atoms with Crippen LogP contribution in [0.4, 0.5) is 0 Å². The number of aromatic nitrogens is 1. The van der Waals surface area contributed by atoms with Crippen LogP contribution >= 0.6 is 11.3 Å². The zero-order chi connectivity index (χ0) is 11.0. The first kappa shape index (κ1) is 10.2. The summed E-state index contributed by atoms with van der Waals surface area (Å²) < 4.78 is 1.30. The second-order valence-electron chi connectivity index (χ2n) is 4.46. The van der Waals surface area contributed by atoms with Crippen LogP contribution in [0.2, 0.25) is 0 Å². The van der Waals surface area contributed by atoms with Crippen LogP contribution in [0.5, 0.6) is 0 Å². The van der Waals surface area contributed by atoms with Crippen LogP contribution in [0, 0.1) is 0 Å². The molecule has 0 unspecified atom stereocenters. The van der Waals surface area contributed by atoms with Gasteiger partial charge in [0.05, 0.1) is 15.2 Å². The van der Waals surface area contributed by atoms with Crippen molar-refractivity contribution < 1.29 is 5.11 Å². The zero-order valence-electron chi connectivity index (χ0n) is 9.15. The molecule has 16 heavy (non-hydrogen) atoms. The fourth-order valence-electron chi connectivity index (χ4n) is 1.93. The Balaban J connectivity index is 1.90. The Labute approximate surface area is 99.0 Å². The van der Waals surface area contributed by atoms with Gasteiger partial charge in [-0.2, -0.15) is 0 Å². The molecule has 1 aliphatic carbocycles. The van der Waals surface area contributed by atoms with E-state index in [0.29, 0.717) is 0 Å². The topological polar surface area (TPSA) is 33.1 Å². The third-order valence-electron chi connectivity index (χ3n) is 3.02. The summed E-state index contributed by atoms with van der Waals surface area (Å²) in [5, 5.41) is 10.1. The van der Waals surface area contributed by atoms with Crippen LogP contribution in [0.1, 0.15) is 35.8 Å². The van der Waals surface area contributed by atoms with E-state index in [0.717, 1.165) is 24.3 Å². The van der Waals surface area contributed by atoms with Gasteiger partial charge in [0.2, 0.25) is 0 Å². The fourth-order valence-corrected chi connectivity index (χ4v) is 3.05. The Morgan fingerprint density at radius 2 is 2.25 bits per heavy atom. The predicted molar refractivity (Wildman–Crippen MR) is 67.0 cm³/mol. The largest absolute Gasteiger partial charge is 0.396 e. The number of aryl methyl sites for hydroxylation is 1. The van der Waals surface area contributed by atoms with Gasteiger partial charge < -0.3 is 5.11 Å². The lowest BCUT2D eigenvalue weighted by atomic mass is 10.1. The molecule has 2 aromatic rings. The first-order valence-electron chi connectivity index (χ1n) is 5.87. The lowest BCUT2D eigenvalue weighted by molar-refractivity contribution is 0.288. The summed E-state index contributed by atoms with van der Waals surface area (Å²) in [7, 11) is 0. The monoisotopic (exact) mass is 233 g/mol. The van der Waals surface area contributed by atoms with E-state index in [2.05, 4.69) is 18.2 Å². The van der Waals surface area contributed by atoms with Gasteiger partial charge in [0.25, 0.3) is 0 Å². The number of rotatable bonds is 4. The molecule has 1 saturated carbocycles. The van der Waals surface area contributed by atoms with Crippen molar-refractivity contribution in [2.24, 2.45) is 0 Å². The number of aliphatic hydroxyl groups is 1. The lowest BCUT2D eigenvalue weighted by Gasteiger charge is -1.98. The molecule has 0 spiro atoms. The summed E-state index contributed by atoms with van der Waals surface area (Å²) in [6, 6.07) is 6.51. The van der Waals surface area contributed by atoms with Crippen molar-refractivity contribution in [2.75, 3.05) is 6.61 Å². The molecular weight excluding hydrogens is 218 g/mol. The van der Waals surface area contributed by atoms with E-state index in [1.165, 1.54) is 28.1 Å². The van der Waals surface area contributed by atoms with Crippen molar-refractivity contribution in [3.63, 3.8) is 0 Å². The second kappa shape index (κ2) is 4.15. The van der Waals surface area contributed by atoms with E-state index in [4.69, 9.17) is 10.1 Å². The first-order chi connectivity index (χ1) is 7.86. The molecule has 2 nitrogen and oxygen atoms in total. The van der Waals surface area contributed by atoms with E-state index in [9.17, 15) is 0 Å². The minimum atomic E-state index is 0.266. The molecule has 0 bridgehead atoms. The highest BCUT2D eigenvalue weighted by atomic mass is 32.1. The van der Waals surface area contributed by atoms with Gasteiger partial charge in [-0.15, -0.1) is 11.3 Å². The number of fused-ring (bicyclic) bond motifs is 1. The average molecular weight is 233 g/mol. The molecule has 0 amide bonds. The highest BCUT2D eigenvalue weighted by Gasteiger charge is 2.26. The number of nitrogens with zero attached hydrogens (tertiary/aromatic N) is 1. The van der Waals surface area contributed by atoms with E-state index < -0.39 is 0 Å². The number of hydrogen-bond donors (Lipinski definition) is 1. The molecule has 0 saturated heterocycles. The molecule has 0 atom stereocenters. The quantitative estimate of drug-likeness (QED) is 0.880. The van der Waals surface area contributed by atoms with Crippen molar-refractivity contribution in [2.45, 2.75) is 31.6 Å². The van der Waals surface area contributed by atoms with E-state index in [1.807, 2.05) is 11.3 Å². The minimum absolute atomic E-state index is 0.266. The summed E-state index contributed by atoms with van der Waals surface area (Å²) in [5.41, 5.74) is 2.43. The Kier molecular flexibility index (Phi) is 2.65. The number of benzene rings is 1. The average Bonchev–Trinajstić information content (AvgIpc) is 3.06. The molecular formula is C13H15NOS. The smallest absolute Gasteiger partial charge is 0.0969 e. The van der Waals surface area contributed by atoms with Crippen molar-refractivity contribution in [3.8, 4) is 0 Å². The highest BCUT2D eigenvalue weighted by molar-refractivity contribution is 7.18. The lowest BCUT2D eigenvalue weighted by Crippen LogP contribution is -1.88. The summed E-state index contributed by atoms with van der Waals surface area (Å²) >= 11 is 1.84. The normalized spacial score (nSPS) is 15.8. The van der Waals surface area contributed by atoms with Gasteiger partial charge in [0, 0.05) is 12.5 Å². The molecule has 0 aliphatic heterocycles. The maximum atomic E-state index is 8.81. The third-order valence-corrected chi connectivity index (χ3v) is 4.22. The minimum Gasteiger partial charge on any atom is -0.396 e. The Bertz CT molecular complexity index is 502. The van der Waals surface area contributed by atoms with Crippen LogP contribution in [0.3, 0.4) is 0 Å². The summed E-state index contributed by atoms with van der Waals surface area (Å²) in [6.07, 6.45) is 4.42. The van der Waals surface area contributed by atoms with Crippen LogP contribution in [0.25, 0.3) is 10.2 Å². The van der Waals surface area contributed by atoms with Crippen molar-refractivity contribution in [1.29, 1.82) is 0 Å². The predicted octanol–water partition coefficient (Wildman–Crippen LogP) is 3.10. The summed E-state index contributed by atoms with van der Waals surface area (Å²) in [5.74, 6) is 0.748. The molecule has 1 aliphatic rings. The van der Waals surface area contributed by atoms with Gasteiger partial charge in [0.1, 0.15) is 0 Å². The molecule has 1 aromatic carbocycles. The van der Waals surface area contributed by atoms with Crippen LogP contribution < -0.4 is 0 Å². The van der Waals surface area contributed by atoms with Gasteiger partial charge >= 0.3 is 0 Å². The van der Waals surface area contributed by atoms with Crippen LogP contribution in [0.15, 0.2) is 18.2 Å². The Hall–Kier alpha value is -0.930. The SMILES string of the molecule is OCCCc1ccc2sc(C3CC3)nc2c1. The fraction of sp³-hybridized carbons (Fsp3) is 0.462. The second-order valence-corrected chi connectivity index (χ2v) is 5.52. The molecule has 84 valence electrons. The van der Waals surface area contributed by atoms with Gasteiger partial charge in [-0.25, -0.2) is 4.98 Å². The molecule has 3 rings (SSSR count). The number of hydrogen-bond acceptors (Lipinski definition) is 3. The van der Waals surface area contributed by atoms with Gasteiger partial charge in [-0.3, -0.25) is 0 Å². The highest BCUT2D eigenvalue weighted by Crippen LogP contribution is 2.43. The maximum Gasteiger partial charge on any atom is 0.0969 e. The number of aliphatic hydroxyl groups excluding tert-OH is 1. The Morgan fingerprint density at radius 3 is 3.00 bits per heavy atom. The molecule has 1 N–H and O–H groups in total. The molecule has 1 heterocycles. The van der Waals surface area contributed by atoms with E-state index >= 15 is 0 Å². The van der Waals surface area contributed by atoms with Crippen molar-refractivity contribution in [1.82, 2.24) is 4.98 Å². The number of thiazole rings is 1. The molecule has 3 heteroatoms. The first-order valence-corrected chi connectivity index (χ1v) is 6.68. The zero-order valence-corrected chi connectivity index (χ0v) is 9.96. The van der Waals surface area contributed by atoms with E-state index in [-0.39, 0.29) is 6.61 Å². The molecule has 1 fully saturated rings. The Morgan fingerprint density at radius 1 is 1.38 bits per heavy atom. The summed E-state index contributed by atoms with van der Waals surface area (Å²) in [6.45, 7) is 0.266. The van der Waals surface area contributed by atoms with Crippen LogP contribution in [-0.4, -0.2) is 16.7 Å². The maximum absolute atomic E-state index is 8.81. The van der Waals surface area contributed by atoms with Crippen LogP contribution in [-0.2, 0) is 6.42 Å². The van der Waals surface area contributed by atoms with Gasteiger partial charge in [-0.05, 0) is 43.4 Å².